The monoisotopic (exact) mass is 687 g/mol. The highest BCUT2D eigenvalue weighted by molar-refractivity contribution is 5.78. The maximum atomic E-state index is 12.2. The van der Waals surface area contributed by atoms with Crippen LogP contribution in [0.5, 0.6) is 0 Å². The van der Waals surface area contributed by atoms with Crippen LogP contribution in [0.2, 0.25) is 0 Å². The molecule has 0 aromatic rings. The Morgan fingerprint density at radius 2 is 0.837 bits per heavy atom. The highest BCUT2D eigenvalue weighted by Gasteiger charge is 2.14. The number of hydrogen-bond acceptors (Lipinski definition) is 6. The minimum absolute atomic E-state index is 0.116. The Bertz CT molecular complexity index is 832. The average Bonchev–Trinajstić information content (AvgIpc) is 3.10. The Morgan fingerprint density at radius 3 is 1.20 bits per heavy atom. The largest absolute Gasteiger partial charge is 0.464 e. The Labute approximate surface area is 301 Å². The average molecular weight is 687 g/mol. The number of amides is 1. The van der Waals surface area contributed by atoms with Gasteiger partial charge in [0.15, 0.2) is 0 Å². The Morgan fingerprint density at radius 1 is 0.490 bits per heavy atom. The topological polar surface area (TPSA) is 98.9 Å². The second-order valence-electron chi connectivity index (χ2n) is 13.0. The number of carbonyl (C=O) groups is 3. The van der Waals surface area contributed by atoms with Gasteiger partial charge in [-0.1, -0.05) is 127 Å². The summed E-state index contributed by atoms with van der Waals surface area (Å²) >= 11 is 0. The molecule has 7 heteroatoms. The predicted molar refractivity (Wildman–Crippen MR) is 206 cm³/mol. The third-order valence-corrected chi connectivity index (χ3v) is 8.44. The summed E-state index contributed by atoms with van der Waals surface area (Å²) < 4.78 is 10.7. The fourth-order valence-electron chi connectivity index (χ4n) is 5.34. The van der Waals surface area contributed by atoms with Gasteiger partial charge in [-0.05, 0) is 77.0 Å². The molecule has 0 rings (SSSR count). The van der Waals surface area contributed by atoms with Gasteiger partial charge in [0.2, 0.25) is 5.91 Å². The molecule has 0 aromatic carbocycles. The molecule has 0 aliphatic carbocycles. The minimum Gasteiger partial charge on any atom is -0.464 e. The molecule has 0 saturated heterocycles. The van der Waals surface area contributed by atoms with E-state index in [1.807, 2.05) is 0 Å². The van der Waals surface area contributed by atoms with Crippen LogP contribution in [0, 0.1) is 0 Å². The summed E-state index contributed by atoms with van der Waals surface area (Å²) in [5.74, 6) is -0.737. The van der Waals surface area contributed by atoms with Crippen LogP contribution in [0.4, 0.5) is 0 Å². The molecule has 0 radical (unpaired) electrons. The molecule has 0 bridgehead atoms. The van der Waals surface area contributed by atoms with Crippen molar-refractivity contribution in [2.75, 3.05) is 32.8 Å². The van der Waals surface area contributed by atoms with E-state index >= 15 is 0 Å². The third-order valence-electron chi connectivity index (χ3n) is 8.44. The number of rotatable bonds is 35. The van der Waals surface area contributed by atoms with Crippen molar-refractivity contribution in [1.82, 2.24) is 4.90 Å². The second-order valence-corrected chi connectivity index (χ2v) is 13.0. The molecule has 0 aliphatic heterocycles. The van der Waals surface area contributed by atoms with E-state index in [1.54, 1.807) is 0 Å². The number of carbonyl (C=O) groups excluding carboxylic acids is 3. The molecular weight excluding hydrogens is 612 g/mol. The molecule has 1 amide bonds. The molecule has 0 heterocycles. The first kappa shape index (κ1) is 46.3. The zero-order valence-corrected chi connectivity index (χ0v) is 31.7. The molecular formula is C42H74N2O5. The number of ether oxygens (including phenoxy) is 2. The molecule has 49 heavy (non-hydrogen) atoms. The quantitative estimate of drug-likeness (QED) is 0.0405. The van der Waals surface area contributed by atoms with E-state index in [-0.39, 0.29) is 50.7 Å². The summed E-state index contributed by atoms with van der Waals surface area (Å²) in [7, 11) is 0. The standard InChI is InChI=1S/C42H74N2O5/c1-3-5-7-9-11-13-15-17-19-21-23-25-27-29-31-33-41(46)48-37-35-44(40(45)39-43)36-38-49-42(47)34-32-30-28-26-24-22-20-18-16-14-12-10-8-6-4-2/h11-14,17-20H,3-10,15-16,21-39,43H2,1-2H3. The zero-order valence-electron chi connectivity index (χ0n) is 31.7. The fraction of sp³-hybridized carbons (Fsp3) is 0.738. The molecule has 0 saturated carbocycles. The molecule has 0 atom stereocenters. The molecule has 0 unspecified atom stereocenters. The first-order chi connectivity index (χ1) is 24.0. The lowest BCUT2D eigenvalue weighted by molar-refractivity contribution is -0.147. The van der Waals surface area contributed by atoms with Crippen molar-refractivity contribution in [2.24, 2.45) is 5.73 Å². The Kier molecular flexibility index (Phi) is 36.1. The SMILES string of the molecule is CCCCCC=CCC=CCCCCCCCC(=O)OCCN(CCOC(=O)CCCCCCCC=CCC=CCCCCC)C(=O)CN. The summed E-state index contributed by atoms with van der Waals surface area (Å²) in [5, 5.41) is 0. The Balaban J connectivity index is 3.80. The van der Waals surface area contributed by atoms with Gasteiger partial charge in [0, 0.05) is 12.8 Å². The maximum absolute atomic E-state index is 12.2. The summed E-state index contributed by atoms with van der Waals surface area (Å²) in [6.07, 6.45) is 43.9. The van der Waals surface area contributed by atoms with Crippen LogP contribution in [0.3, 0.4) is 0 Å². The summed E-state index contributed by atoms with van der Waals surface area (Å²) in [6.45, 7) is 5.04. The van der Waals surface area contributed by atoms with Crippen molar-refractivity contribution in [2.45, 2.75) is 168 Å². The van der Waals surface area contributed by atoms with Crippen molar-refractivity contribution in [1.29, 1.82) is 0 Å². The minimum atomic E-state index is -0.255. The van der Waals surface area contributed by atoms with Crippen molar-refractivity contribution >= 4 is 17.8 Å². The van der Waals surface area contributed by atoms with Crippen LogP contribution in [-0.2, 0) is 23.9 Å². The van der Waals surface area contributed by atoms with Gasteiger partial charge < -0.3 is 20.1 Å². The number of esters is 2. The lowest BCUT2D eigenvalue weighted by Crippen LogP contribution is -2.40. The van der Waals surface area contributed by atoms with Crippen LogP contribution >= 0.6 is 0 Å². The lowest BCUT2D eigenvalue weighted by atomic mass is 10.1. The second kappa shape index (κ2) is 38.1. The summed E-state index contributed by atoms with van der Waals surface area (Å²) in [5.41, 5.74) is 5.56. The van der Waals surface area contributed by atoms with Crippen molar-refractivity contribution < 1.29 is 23.9 Å². The third kappa shape index (κ3) is 35.0. The van der Waals surface area contributed by atoms with Crippen LogP contribution in [0.1, 0.15) is 168 Å². The highest BCUT2D eigenvalue weighted by atomic mass is 16.5. The number of allylic oxidation sites excluding steroid dienone is 8. The van der Waals surface area contributed by atoms with Crippen LogP contribution < -0.4 is 5.73 Å². The van der Waals surface area contributed by atoms with E-state index in [9.17, 15) is 14.4 Å². The van der Waals surface area contributed by atoms with Gasteiger partial charge in [-0.25, -0.2) is 0 Å². The first-order valence-corrected chi connectivity index (χ1v) is 19.9. The maximum Gasteiger partial charge on any atom is 0.305 e. The van der Waals surface area contributed by atoms with Crippen LogP contribution in [0.15, 0.2) is 48.6 Å². The van der Waals surface area contributed by atoms with Gasteiger partial charge in [0.1, 0.15) is 13.2 Å². The first-order valence-electron chi connectivity index (χ1n) is 19.9. The van der Waals surface area contributed by atoms with Crippen molar-refractivity contribution in [3.8, 4) is 0 Å². The van der Waals surface area contributed by atoms with E-state index in [4.69, 9.17) is 15.2 Å². The van der Waals surface area contributed by atoms with E-state index < -0.39 is 0 Å². The Hall–Kier alpha value is -2.67. The van der Waals surface area contributed by atoms with Gasteiger partial charge >= 0.3 is 11.9 Å². The van der Waals surface area contributed by atoms with E-state index in [0.29, 0.717) is 12.8 Å². The lowest BCUT2D eigenvalue weighted by Gasteiger charge is -2.21. The highest BCUT2D eigenvalue weighted by Crippen LogP contribution is 2.10. The van der Waals surface area contributed by atoms with E-state index in [2.05, 4.69) is 62.5 Å². The molecule has 2 N–H and O–H groups in total. The van der Waals surface area contributed by atoms with Gasteiger partial charge in [-0.3, -0.25) is 14.4 Å². The van der Waals surface area contributed by atoms with E-state index in [0.717, 1.165) is 64.2 Å². The molecule has 7 nitrogen and oxygen atoms in total. The smallest absolute Gasteiger partial charge is 0.305 e. The van der Waals surface area contributed by atoms with Crippen molar-refractivity contribution in [3.63, 3.8) is 0 Å². The predicted octanol–water partition coefficient (Wildman–Crippen LogP) is 10.5. The zero-order chi connectivity index (χ0) is 35.9. The molecule has 282 valence electrons. The number of nitrogens with zero attached hydrogens (tertiary/aromatic N) is 1. The number of unbranched alkanes of at least 4 members (excludes halogenated alkanes) is 16. The number of nitrogens with two attached hydrogens (primary N) is 1. The molecule has 0 fully saturated rings. The molecule has 0 aromatic heterocycles. The summed E-state index contributed by atoms with van der Waals surface area (Å²) in [4.78, 5) is 38.0. The number of hydrogen-bond donors (Lipinski definition) is 1. The van der Waals surface area contributed by atoms with Gasteiger partial charge in [-0.15, -0.1) is 0 Å². The van der Waals surface area contributed by atoms with Gasteiger partial charge in [0.05, 0.1) is 19.6 Å². The van der Waals surface area contributed by atoms with E-state index in [1.165, 1.54) is 81.9 Å². The van der Waals surface area contributed by atoms with Crippen molar-refractivity contribution in [3.05, 3.63) is 48.6 Å². The van der Waals surface area contributed by atoms with Crippen LogP contribution in [-0.4, -0.2) is 55.6 Å². The van der Waals surface area contributed by atoms with Gasteiger partial charge in [0.25, 0.3) is 0 Å². The fourth-order valence-corrected chi connectivity index (χ4v) is 5.34. The molecule has 0 aliphatic rings. The summed E-state index contributed by atoms with van der Waals surface area (Å²) in [6, 6.07) is 0. The van der Waals surface area contributed by atoms with Gasteiger partial charge in [-0.2, -0.15) is 0 Å². The normalized spacial score (nSPS) is 11.8. The molecule has 0 spiro atoms. The van der Waals surface area contributed by atoms with Crippen LogP contribution in [0.25, 0.3) is 0 Å².